The molecule has 1 amide bonds. The molecule has 2 aromatic carbocycles. The maximum absolute atomic E-state index is 13.2. The highest BCUT2D eigenvalue weighted by Crippen LogP contribution is 2.41. The third-order valence-corrected chi connectivity index (χ3v) is 5.86. The van der Waals surface area contributed by atoms with Crippen LogP contribution in [0.1, 0.15) is 55.8 Å². The van der Waals surface area contributed by atoms with E-state index < -0.39 is 17.7 Å². The summed E-state index contributed by atoms with van der Waals surface area (Å²) in [6, 6.07) is 19.0. The number of aromatic nitrogens is 1. The molecular formula is C28H28N2O4. The molecule has 1 aliphatic heterocycles. The number of anilines is 1. The van der Waals surface area contributed by atoms with Crippen molar-refractivity contribution in [2.24, 2.45) is 0 Å². The zero-order valence-corrected chi connectivity index (χ0v) is 19.6. The van der Waals surface area contributed by atoms with Crippen LogP contribution in [-0.4, -0.2) is 28.4 Å². The first-order chi connectivity index (χ1) is 16.4. The molecule has 1 aliphatic rings. The van der Waals surface area contributed by atoms with Crippen molar-refractivity contribution in [2.45, 2.75) is 39.2 Å². The van der Waals surface area contributed by atoms with Gasteiger partial charge in [-0.25, -0.2) is 4.98 Å². The molecule has 0 saturated carbocycles. The number of nitrogens with zero attached hydrogens (tertiary/aromatic N) is 2. The van der Waals surface area contributed by atoms with Gasteiger partial charge in [-0.2, -0.15) is 0 Å². The van der Waals surface area contributed by atoms with Gasteiger partial charge >= 0.3 is 5.91 Å². The molecule has 0 aliphatic carbocycles. The van der Waals surface area contributed by atoms with Crippen molar-refractivity contribution in [1.29, 1.82) is 0 Å². The summed E-state index contributed by atoms with van der Waals surface area (Å²) in [4.78, 5) is 32.0. The number of carbonyl (C=O) groups is 2. The average molecular weight is 457 g/mol. The van der Waals surface area contributed by atoms with E-state index >= 15 is 0 Å². The largest absolute Gasteiger partial charge is 0.507 e. The molecule has 34 heavy (non-hydrogen) atoms. The Morgan fingerprint density at radius 2 is 1.74 bits per heavy atom. The standard InChI is InChI=1S/C28H28N2O4/c1-4-17-34-22-14-12-21(13-15-22)26(31)24-25(20-10-8-19(9-11-20)18(2)3)30(28(33)27(24)32)23-7-5-6-16-29-23/h5-16,18,25,31H,4,17H2,1-3H3. The quantitative estimate of drug-likeness (QED) is 0.284. The van der Waals surface area contributed by atoms with Crippen LogP contribution in [0.3, 0.4) is 0 Å². The number of ketones is 1. The summed E-state index contributed by atoms with van der Waals surface area (Å²) in [5, 5.41) is 11.2. The number of aliphatic hydroxyl groups excluding tert-OH is 1. The van der Waals surface area contributed by atoms with E-state index in [0.29, 0.717) is 29.7 Å². The molecule has 6 nitrogen and oxygen atoms in total. The Labute approximate surface area is 199 Å². The number of carbonyl (C=O) groups excluding carboxylic acids is 2. The van der Waals surface area contributed by atoms with E-state index in [1.165, 1.54) is 4.90 Å². The zero-order chi connectivity index (χ0) is 24.2. The van der Waals surface area contributed by atoms with Gasteiger partial charge in [0.1, 0.15) is 17.3 Å². The fraction of sp³-hybridized carbons (Fsp3) is 0.250. The minimum Gasteiger partial charge on any atom is -0.507 e. The second kappa shape index (κ2) is 9.91. The Morgan fingerprint density at radius 1 is 1.03 bits per heavy atom. The Bertz CT molecular complexity index is 1200. The fourth-order valence-electron chi connectivity index (χ4n) is 4.03. The van der Waals surface area contributed by atoms with Gasteiger partial charge in [-0.3, -0.25) is 14.5 Å². The topological polar surface area (TPSA) is 79.7 Å². The highest BCUT2D eigenvalue weighted by atomic mass is 16.5. The maximum Gasteiger partial charge on any atom is 0.301 e. The van der Waals surface area contributed by atoms with Gasteiger partial charge in [0.15, 0.2) is 0 Å². The van der Waals surface area contributed by atoms with Crippen molar-refractivity contribution in [2.75, 3.05) is 11.5 Å². The first kappa shape index (κ1) is 23.2. The number of aliphatic hydroxyl groups is 1. The second-order valence-electron chi connectivity index (χ2n) is 8.55. The molecule has 1 atom stereocenters. The predicted octanol–water partition coefficient (Wildman–Crippen LogP) is 5.62. The van der Waals surface area contributed by atoms with Gasteiger partial charge in [0.25, 0.3) is 5.78 Å². The Kier molecular flexibility index (Phi) is 6.77. The van der Waals surface area contributed by atoms with E-state index in [9.17, 15) is 14.7 Å². The molecule has 0 radical (unpaired) electrons. The average Bonchev–Trinajstić information content (AvgIpc) is 3.13. The van der Waals surface area contributed by atoms with Crippen LogP contribution in [0.4, 0.5) is 5.82 Å². The number of ether oxygens (including phenoxy) is 1. The van der Waals surface area contributed by atoms with E-state index in [-0.39, 0.29) is 11.3 Å². The fourth-order valence-corrected chi connectivity index (χ4v) is 4.03. The highest BCUT2D eigenvalue weighted by Gasteiger charge is 2.47. The molecule has 6 heteroatoms. The maximum atomic E-state index is 13.2. The first-order valence-electron chi connectivity index (χ1n) is 11.5. The minimum atomic E-state index is -0.799. The summed E-state index contributed by atoms with van der Waals surface area (Å²) >= 11 is 0. The molecule has 1 unspecified atom stereocenters. The lowest BCUT2D eigenvalue weighted by atomic mass is 9.93. The lowest BCUT2D eigenvalue weighted by Crippen LogP contribution is -2.30. The number of pyridine rings is 1. The third kappa shape index (κ3) is 4.44. The zero-order valence-electron chi connectivity index (χ0n) is 19.6. The van der Waals surface area contributed by atoms with Crippen molar-refractivity contribution >= 4 is 23.3 Å². The molecular weight excluding hydrogens is 428 g/mol. The van der Waals surface area contributed by atoms with E-state index in [4.69, 9.17) is 4.74 Å². The van der Waals surface area contributed by atoms with Crippen LogP contribution in [0.2, 0.25) is 0 Å². The van der Waals surface area contributed by atoms with Crippen LogP contribution in [0.5, 0.6) is 5.75 Å². The van der Waals surface area contributed by atoms with Crippen LogP contribution < -0.4 is 9.64 Å². The lowest BCUT2D eigenvalue weighted by Gasteiger charge is -2.24. The van der Waals surface area contributed by atoms with Crippen LogP contribution in [-0.2, 0) is 9.59 Å². The van der Waals surface area contributed by atoms with Crippen molar-refractivity contribution in [3.63, 3.8) is 0 Å². The molecule has 0 bridgehead atoms. The van der Waals surface area contributed by atoms with Gasteiger partial charge < -0.3 is 9.84 Å². The van der Waals surface area contributed by atoms with E-state index in [2.05, 4.69) is 18.8 Å². The molecule has 3 aromatic rings. The molecule has 4 rings (SSSR count). The summed E-state index contributed by atoms with van der Waals surface area (Å²) in [5.41, 5.74) is 2.33. The Balaban J connectivity index is 1.83. The van der Waals surface area contributed by atoms with Crippen LogP contribution in [0.15, 0.2) is 78.5 Å². The Hall–Kier alpha value is -3.93. The van der Waals surface area contributed by atoms with Crippen molar-refractivity contribution in [3.05, 3.63) is 95.2 Å². The van der Waals surface area contributed by atoms with E-state index in [1.54, 1.807) is 48.7 Å². The normalized spacial score (nSPS) is 17.4. The molecule has 1 aromatic heterocycles. The lowest BCUT2D eigenvalue weighted by molar-refractivity contribution is -0.132. The van der Waals surface area contributed by atoms with E-state index in [0.717, 1.165) is 17.5 Å². The summed E-state index contributed by atoms with van der Waals surface area (Å²) < 4.78 is 5.61. The van der Waals surface area contributed by atoms with Crippen LogP contribution in [0.25, 0.3) is 5.76 Å². The van der Waals surface area contributed by atoms with Gasteiger partial charge in [-0.1, -0.05) is 51.1 Å². The summed E-state index contributed by atoms with van der Waals surface area (Å²) in [6.45, 7) is 6.81. The number of amides is 1. The second-order valence-corrected chi connectivity index (χ2v) is 8.55. The molecule has 1 fully saturated rings. The van der Waals surface area contributed by atoms with Crippen LogP contribution >= 0.6 is 0 Å². The van der Waals surface area contributed by atoms with Crippen molar-refractivity contribution in [1.82, 2.24) is 4.98 Å². The highest BCUT2D eigenvalue weighted by molar-refractivity contribution is 6.51. The number of hydrogen-bond acceptors (Lipinski definition) is 5. The van der Waals surface area contributed by atoms with Gasteiger partial charge in [0, 0.05) is 11.8 Å². The SMILES string of the molecule is CCCOc1ccc(C(O)=C2C(=O)C(=O)N(c3ccccn3)C2c2ccc(C(C)C)cc2)cc1. The Morgan fingerprint density at radius 3 is 2.32 bits per heavy atom. The van der Waals surface area contributed by atoms with Gasteiger partial charge in [0.2, 0.25) is 0 Å². The molecule has 174 valence electrons. The summed E-state index contributed by atoms with van der Waals surface area (Å²) in [5.74, 6) is -0.326. The minimum absolute atomic E-state index is 0.0372. The molecule has 1 saturated heterocycles. The van der Waals surface area contributed by atoms with Crippen molar-refractivity contribution < 1.29 is 19.4 Å². The number of rotatable bonds is 7. The summed E-state index contributed by atoms with van der Waals surface area (Å²) in [6.07, 6.45) is 2.46. The molecule has 1 N–H and O–H groups in total. The van der Waals surface area contributed by atoms with E-state index in [1.807, 2.05) is 31.2 Å². The summed E-state index contributed by atoms with van der Waals surface area (Å²) in [7, 11) is 0. The van der Waals surface area contributed by atoms with Crippen LogP contribution in [0, 0.1) is 0 Å². The smallest absolute Gasteiger partial charge is 0.301 e. The van der Waals surface area contributed by atoms with Gasteiger partial charge in [-0.15, -0.1) is 0 Å². The molecule has 0 spiro atoms. The van der Waals surface area contributed by atoms with Gasteiger partial charge in [-0.05, 0) is 59.9 Å². The van der Waals surface area contributed by atoms with Gasteiger partial charge in [0.05, 0.1) is 18.2 Å². The monoisotopic (exact) mass is 456 g/mol. The number of benzene rings is 2. The van der Waals surface area contributed by atoms with Crippen molar-refractivity contribution in [3.8, 4) is 5.75 Å². The molecule has 2 heterocycles. The predicted molar refractivity (Wildman–Crippen MR) is 132 cm³/mol. The first-order valence-corrected chi connectivity index (χ1v) is 11.5. The number of Topliss-reactive ketones (excluding diaryl/α,β-unsaturated/α-hetero) is 1. The third-order valence-electron chi connectivity index (χ3n) is 5.86. The number of hydrogen-bond donors (Lipinski definition) is 1.